The number of nitriles is 1. The number of nitrogens with zero attached hydrogens (tertiary/aromatic N) is 3. The van der Waals surface area contributed by atoms with E-state index in [0.29, 0.717) is 11.1 Å². The highest BCUT2D eigenvalue weighted by Gasteiger charge is 2.31. The Labute approximate surface area is 125 Å². The first-order valence-electron chi connectivity index (χ1n) is 6.75. The average molecular weight is 309 g/mol. The van der Waals surface area contributed by atoms with Gasteiger partial charge < -0.3 is 4.74 Å². The molecular formula is C15H14F3N3O. The van der Waals surface area contributed by atoms with E-state index in [9.17, 15) is 13.2 Å². The zero-order valence-electron chi connectivity index (χ0n) is 11.9. The van der Waals surface area contributed by atoms with Gasteiger partial charge >= 0.3 is 6.36 Å². The molecule has 0 atom stereocenters. The van der Waals surface area contributed by atoms with Crippen molar-refractivity contribution < 1.29 is 17.9 Å². The summed E-state index contributed by atoms with van der Waals surface area (Å²) in [6.07, 6.45) is 0.480. The van der Waals surface area contributed by atoms with Crippen LogP contribution in [-0.4, -0.2) is 16.1 Å². The lowest BCUT2D eigenvalue weighted by Gasteiger charge is -2.10. The molecule has 0 aliphatic carbocycles. The first kappa shape index (κ1) is 15.9. The van der Waals surface area contributed by atoms with Crippen molar-refractivity contribution in [2.24, 2.45) is 0 Å². The maximum absolute atomic E-state index is 12.3. The SMILES string of the molecule is CCCCn1cc(-c2cc(C#N)cc(OC(F)(F)F)c2)cn1. The van der Waals surface area contributed by atoms with Crippen LogP contribution < -0.4 is 4.74 Å². The minimum Gasteiger partial charge on any atom is -0.406 e. The molecule has 0 aliphatic rings. The van der Waals surface area contributed by atoms with Gasteiger partial charge in [-0.2, -0.15) is 10.4 Å². The summed E-state index contributed by atoms with van der Waals surface area (Å²) in [7, 11) is 0. The molecule has 0 radical (unpaired) electrons. The molecule has 4 nitrogen and oxygen atoms in total. The minimum atomic E-state index is -4.79. The number of unbranched alkanes of at least 4 members (excludes halogenated alkanes) is 1. The largest absolute Gasteiger partial charge is 0.573 e. The molecule has 7 heteroatoms. The van der Waals surface area contributed by atoms with Gasteiger partial charge in [0.1, 0.15) is 5.75 Å². The van der Waals surface area contributed by atoms with Crippen molar-refractivity contribution in [3.63, 3.8) is 0 Å². The molecule has 0 fully saturated rings. The van der Waals surface area contributed by atoms with Gasteiger partial charge in [0.2, 0.25) is 0 Å². The van der Waals surface area contributed by atoms with E-state index < -0.39 is 12.1 Å². The molecule has 0 aliphatic heterocycles. The topological polar surface area (TPSA) is 50.8 Å². The van der Waals surface area contributed by atoms with Crippen LogP contribution in [0.4, 0.5) is 13.2 Å². The molecule has 0 saturated heterocycles. The number of hydrogen-bond acceptors (Lipinski definition) is 3. The van der Waals surface area contributed by atoms with Crippen molar-refractivity contribution in [2.75, 3.05) is 0 Å². The van der Waals surface area contributed by atoms with Crippen molar-refractivity contribution in [3.8, 4) is 22.9 Å². The molecule has 2 aromatic rings. The average Bonchev–Trinajstić information content (AvgIpc) is 2.91. The second-order valence-corrected chi connectivity index (χ2v) is 4.75. The lowest BCUT2D eigenvalue weighted by atomic mass is 10.1. The predicted octanol–water partition coefficient (Wildman–Crippen LogP) is 4.12. The molecule has 0 amide bonds. The van der Waals surface area contributed by atoms with E-state index in [0.717, 1.165) is 25.5 Å². The number of aromatic nitrogens is 2. The Hall–Kier alpha value is -2.49. The molecule has 0 saturated carbocycles. The summed E-state index contributed by atoms with van der Waals surface area (Å²) in [6, 6.07) is 5.63. The maximum Gasteiger partial charge on any atom is 0.573 e. The third-order valence-corrected chi connectivity index (χ3v) is 2.98. The monoisotopic (exact) mass is 309 g/mol. The third-order valence-electron chi connectivity index (χ3n) is 2.98. The third kappa shape index (κ3) is 4.25. The van der Waals surface area contributed by atoms with Gasteiger partial charge in [0.15, 0.2) is 0 Å². The van der Waals surface area contributed by atoms with E-state index in [-0.39, 0.29) is 5.56 Å². The lowest BCUT2D eigenvalue weighted by molar-refractivity contribution is -0.274. The van der Waals surface area contributed by atoms with Gasteiger partial charge in [-0.1, -0.05) is 13.3 Å². The molecule has 1 aromatic heterocycles. The highest BCUT2D eigenvalue weighted by molar-refractivity contribution is 5.66. The van der Waals surface area contributed by atoms with Gasteiger partial charge in [-0.25, -0.2) is 0 Å². The number of hydrogen-bond donors (Lipinski definition) is 0. The summed E-state index contributed by atoms with van der Waals surface area (Å²) in [5.74, 6) is -0.414. The van der Waals surface area contributed by atoms with Crippen LogP contribution in [0.2, 0.25) is 0 Å². The molecule has 0 spiro atoms. The maximum atomic E-state index is 12.3. The fraction of sp³-hybridized carbons (Fsp3) is 0.333. The van der Waals surface area contributed by atoms with Gasteiger partial charge in [0, 0.05) is 18.3 Å². The Morgan fingerprint density at radius 2 is 2.05 bits per heavy atom. The van der Waals surface area contributed by atoms with Crippen LogP contribution in [0.5, 0.6) is 5.75 Å². The fourth-order valence-corrected chi connectivity index (χ4v) is 1.98. The van der Waals surface area contributed by atoms with Crippen molar-refractivity contribution >= 4 is 0 Å². The van der Waals surface area contributed by atoms with Crippen LogP contribution in [-0.2, 0) is 6.54 Å². The predicted molar refractivity (Wildman–Crippen MR) is 74.0 cm³/mol. The van der Waals surface area contributed by atoms with Crippen LogP contribution >= 0.6 is 0 Å². The van der Waals surface area contributed by atoms with Gasteiger partial charge in [-0.15, -0.1) is 13.2 Å². The van der Waals surface area contributed by atoms with Crippen LogP contribution in [0.25, 0.3) is 11.1 Å². The molecule has 1 aromatic carbocycles. The summed E-state index contributed by atoms with van der Waals surface area (Å²) >= 11 is 0. The number of ether oxygens (including phenoxy) is 1. The van der Waals surface area contributed by atoms with E-state index in [1.807, 2.05) is 6.07 Å². The quantitative estimate of drug-likeness (QED) is 0.834. The fourth-order valence-electron chi connectivity index (χ4n) is 1.98. The zero-order valence-corrected chi connectivity index (χ0v) is 11.9. The highest BCUT2D eigenvalue weighted by Crippen LogP contribution is 2.29. The first-order valence-corrected chi connectivity index (χ1v) is 6.75. The van der Waals surface area contributed by atoms with Crippen LogP contribution in [0.3, 0.4) is 0 Å². The summed E-state index contributed by atoms with van der Waals surface area (Å²) < 4.78 is 42.6. The molecule has 0 bridgehead atoms. The molecular weight excluding hydrogens is 295 g/mol. The Kier molecular flexibility index (Phi) is 4.71. The Balaban J connectivity index is 2.32. The van der Waals surface area contributed by atoms with Crippen molar-refractivity contribution in [1.82, 2.24) is 9.78 Å². The molecule has 2 rings (SSSR count). The summed E-state index contributed by atoms with van der Waals surface area (Å²) in [5, 5.41) is 13.1. The second-order valence-electron chi connectivity index (χ2n) is 4.75. The van der Waals surface area contributed by atoms with E-state index in [4.69, 9.17) is 5.26 Å². The van der Waals surface area contributed by atoms with E-state index in [1.165, 1.54) is 12.1 Å². The zero-order chi connectivity index (χ0) is 16.2. The van der Waals surface area contributed by atoms with Gasteiger partial charge in [-0.05, 0) is 30.2 Å². The Bertz CT molecular complexity index is 686. The molecule has 0 unspecified atom stereocenters. The number of benzene rings is 1. The van der Waals surface area contributed by atoms with Crippen molar-refractivity contribution in [2.45, 2.75) is 32.7 Å². The summed E-state index contributed by atoms with van der Waals surface area (Å²) in [4.78, 5) is 0. The smallest absolute Gasteiger partial charge is 0.406 e. The lowest BCUT2D eigenvalue weighted by Crippen LogP contribution is -2.17. The van der Waals surface area contributed by atoms with E-state index >= 15 is 0 Å². The minimum absolute atomic E-state index is 0.0954. The molecule has 116 valence electrons. The van der Waals surface area contributed by atoms with Gasteiger partial charge in [-0.3, -0.25) is 4.68 Å². The number of alkyl halides is 3. The number of halogens is 3. The molecule has 22 heavy (non-hydrogen) atoms. The first-order chi connectivity index (χ1) is 10.4. The van der Waals surface area contributed by atoms with Crippen LogP contribution in [0.15, 0.2) is 30.6 Å². The summed E-state index contributed by atoms with van der Waals surface area (Å²) in [5.41, 5.74) is 1.19. The van der Waals surface area contributed by atoms with Crippen LogP contribution in [0.1, 0.15) is 25.3 Å². The van der Waals surface area contributed by atoms with E-state index in [2.05, 4.69) is 16.8 Å². The van der Waals surface area contributed by atoms with Crippen LogP contribution in [0, 0.1) is 11.3 Å². The normalized spacial score (nSPS) is 11.2. The van der Waals surface area contributed by atoms with Crippen molar-refractivity contribution in [1.29, 1.82) is 5.26 Å². The number of rotatable bonds is 5. The van der Waals surface area contributed by atoms with Crippen molar-refractivity contribution in [3.05, 3.63) is 36.2 Å². The Morgan fingerprint density at radius 1 is 1.27 bits per heavy atom. The van der Waals surface area contributed by atoms with E-state index in [1.54, 1.807) is 17.1 Å². The summed E-state index contributed by atoms with van der Waals surface area (Å²) in [6.45, 7) is 2.79. The van der Waals surface area contributed by atoms with Gasteiger partial charge in [0.25, 0.3) is 0 Å². The number of aryl methyl sites for hydroxylation is 1. The second kappa shape index (κ2) is 6.52. The highest BCUT2D eigenvalue weighted by atomic mass is 19.4. The molecule has 1 heterocycles. The standard InChI is InChI=1S/C15H14F3N3O/c1-2-3-4-21-10-13(9-20-21)12-5-11(8-19)6-14(7-12)22-15(16,17)18/h5-7,9-10H,2-4H2,1H3. The molecule has 0 N–H and O–H groups in total. The van der Waals surface area contributed by atoms with Gasteiger partial charge in [0.05, 0.1) is 17.8 Å². The Morgan fingerprint density at radius 3 is 2.68 bits per heavy atom.